The van der Waals surface area contributed by atoms with Crippen molar-refractivity contribution in [3.05, 3.63) is 17.5 Å². The molecule has 5 heteroatoms. The molecule has 0 fully saturated rings. The van der Waals surface area contributed by atoms with E-state index in [0.29, 0.717) is 13.1 Å². The predicted molar refractivity (Wildman–Crippen MR) is 56.3 cm³/mol. The number of likely N-dealkylation sites (N-methyl/N-ethyl adjacent to an activating group) is 2. The Kier molecular flexibility index (Phi) is 3.85. The lowest BCUT2D eigenvalue weighted by atomic mass is 10.3. The second kappa shape index (κ2) is 4.93. The smallest absolute Gasteiger partial charge is 0.236 e. The standard InChI is InChI=1S/C10H17N3O2/c1-8-5-9(15-11-8)6-13(4)7-10(14)12(2)3/h5H,6-7H2,1-4H3. The van der Waals surface area contributed by atoms with Crippen LogP contribution in [0.1, 0.15) is 11.5 Å². The number of aromatic nitrogens is 1. The number of hydrogen-bond acceptors (Lipinski definition) is 4. The minimum absolute atomic E-state index is 0.0775. The van der Waals surface area contributed by atoms with Gasteiger partial charge >= 0.3 is 0 Å². The van der Waals surface area contributed by atoms with Crippen LogP contribution in [0.2, 0.25) is 0 Å². The molecule has 0 aliphatic rings. The summed E-state index contributed by atoms with van der Waals surface area (Å²) in [6.45, 7) is 2.85. The van der Waals surface area contributed by atoms with Gasteiger partial charge in [0, 0.05) is 20.2 Å². The van der Waals surface area contributed by atoms with E-state index in [1.165, 1.54) is 0 Å². The van der Waals surface area contributed by atoms with Crippen LogP contribution in [-0.2, 0) is 11.3 Å². The SMILES string of the molecule is Cc1cc(CN(C)CC(=O)N(C)C)on1. The highest BCUT2D eigenvalue weighted by molar-refractivity contribution is 5.77. The quantitative estimate of drug-likeness (QED) is 0.728. The normalized spacial score (nSPS) is 10.7. The maximum atomic E-state index is 11.4. The molecule has 0 atom stereocenters. The summed E-state index contributed by atoms with van der Waals surface area (Å²) in [6, 6.07) is 1.87. The molecular weight excluding hydrogens is 194 g/mol. The Morgan fingerprint density at radius 2 is 2.13 bits per heavy atom. The van der Waals surface area contributed by atoms with Gasteiger partial charge in [0.2, 0.25) is 5.91 Å². The summed E-state index contributed by atoms with van der Waals surface area (Å²) in [6.07, 6.45) is 0. The molecule has 0 bridgehead atoms. The first-order chi connectivity index (χ1) is 6.99. The zero-order chi connectivity index (χ0) is 11.4. The van der Waals surface area contributed by atoms with Crippen LogP contribution in [0.5, 0.6) is 0 Å². The molecule has 0 spiro atoms. The summed E-state index contributed by atoms with van der Waals surface area (Å²) in [5, 5.41) is 3.79. The number of hydrogen-bond donors (Lipinski definition) is 0. The molecule has 0 unspecified atom stereocenters. The van der Waals surface area contributed by atoms with E-state index in [-0.39, 0.29) is 5.91 Å². The van der Waals surface area contributed by atoms with E-state index in [1.807, 2.05) is 24.9 Å². The van der Waals surface area contributed by atoms with Crippen molar-refractivity contribution < 1.29 is 9.32 Å². The average Bonchev–Trinajstić information content (AvgIpc) is 2.50. The fourth-order valence-electron chi connectivity index (χ4n) is 1.19. The molecule has 0 saturated carbocycles. The molecule has 1 amide bonds. The zero-order valence-electron chi connectivity index (χ0n) is 9.65. The van der Waals surface area contributed by atoms with E-state index in [2.05, 4.69) is 5.16 Å². The summed E-state index contributed by atoms with van der Waals surface area (Å²) in [4.78, 5) is 14.8. The largest absolute Gasteiger partial charge is 0.360 e. The van der Waals surface area contributed by atoms with Gasteiger partial charge in [0.1, 0.15) is 0 Å². The molecule has 1 heterocycles. The molecule has 84 valence electrons. The topological polar surface area (TPSA) is 49.6 Å². The van der Waals surface area contributed by atoms with Crippen LogP contribution in [-0.4, -0.2) is 48.6 Å². The van der Waals surface area contributed by atoms with Gasteiger partial charge in [0.05, 0.1) is 18.8 Å². The van der Waals surface area contributed by atoms with Crippen LogP contribution in [0.25, 0.3) is 0 Å². The number of aryl methyl sites for hydroxylation is 1. The number of nitrogens with zero attached hydrogens (tertiary/aromatic N) is 3. The Morgan fingerprint density at radius 3 is 2.60 bits per heavy atom. The summed E-state index contributed by atoms with van der Waals surface area (Å²) in [5.74, 6) is 0.857. The fraction of sp³-hybridized carbons (Fsp3) is 0.600. The second-order valence-corrected chi connectivity index (χ2v) is 3.90. The highest BCUT2D eigenvalue weighted by Crippen LogP contribution is 2.04. The molecule has 1 aromatic heterocycles. The molecule has 1 rings (SSSR count). The van der Waals surface area contributed by atoms with Gasteiger partial charge in [-0.25, -0.2) is 0 Å². The Balaban J connectivity index is 2.42. The summed E-state index contributed by atoms with van der Waals surface area (Å²) >= 11 is 0. The average molecular weight is 211 g/mol. The van der Waals surface area contributed by atoms with Gasteiger partial charge in [-0.3, -0.25) is 9.69 Å². The third kappa shape index (κ3) is 3.71. The van der Waals surface area contributed by atoms with Crippen molar-refractivity contribution >= 4 is 5.91 Å². The van der Waals surface area contributed by atoms with Crippen LogP contribution in [0.4, 0.5) is 0 Å². The molecule has 15 heavy (non-hydrogen) atoms. The van der Waals surface area contributed by atoms with Crippen molar-refractivity contribution in [2.75, 3.05) is 27.7 Å². The highest BCUT2D eigenvalue weighted by atomic mass is 16.5. The van der Waals surface area contributed by atoms with Crippen molar-refractivity contribution in [2.24, 2.45) is 0 Å². The molecule has 0 aliphatic carbocycles. The fourth-order valence-corrected chi connectivity index (χ4v) is 1.19. The van der Waals surface area contributed by atoms with Crippen molar-refractivity contribution in [1.82, 2.24) is 15.0 Å². The van der Waals surface area contributed by atoms with Crippen LogP contribution < -0.4 is 0 Å². The Morgan fingerprint density at radius 1 is 1.47 bits per heavy atom. The van der Waals surface area contributed by atoms with Gasteiger partial charge in [-0.1, -0.05) is 5.16 Å². The maximum Gasteiger partial charge on any atom is 0.236 e. The summed E-state index contributed by atoms with van der Waals surface area (Å²) in [7, 11) is 5.36. The monoisotopic (exact) mass is 211 g/mol. The lowest BCUT2D eigenvalue weighted by Crippen LogP contribution is -2.33. The van der Waals surface area contributed by atoms with Gasteiger partial charge in [-0.2, -0.15) is 0 Å². The molecule has 5 nitrogen and oxygen atoms in total. The first kappa shape index (κ1) is 11.7. The molecule has 0 saturated heterocycles. The molecule has 0 aromatic carbocycles. The predicted octanol–water partition coefficient (Wildman–Crippen LogP) is 0.503. The van der Waals surface area contributed by atoms with Gasteiger partial charge in [-0.05, 0) is 14.0 Å². The Bertz CT molecular complexity index is 333. The minimum Gasteiger partial charge on any atom is -0.360 e. The van der Waals surface area contributed by atoms with Crippen LogP contribution in [0.15, 0.2) is 10.6 Å². The van der Waals surface area contributed by atoms with Crippen LogP contribution in [0, 0.1) is 6.92 Å². The van der Waals surface area contributed by atoms with E-state index in [0.717, 1.165) is 11.5 Å². The maximum absolute atomic E-state index is 11.4. The van der Waals surface area contributed by atoms with Crippen LogP contribution in [0.3, 0.4) is 0 Å². The Labute approximate surface area is 89.6 Å². The minimum atomic E-state index is 0.0775. The summed E-state index contributed by atoms with van der Waals surface area (Å²) < 4.78 is 5.06. The Hall–Kier alpha value is -1.36. The first-order valence-corrected chi connectivity index (χ1v) is 4.80. The molecule has 0 N–H and O–H groups in total. The second-order valence-electron chi connectivity index (χ2n) is 3.90. The van der Waals surface area contributed by atoms with E-state index < -0.39 is 0 Å². The van der Waals surface area contributed by atoms with Crippen LogP contribution >= 0.6 is 0 Å². The molecule has 0 radical (unpaired) electrons. The number of carbonyl (C=O) groups is 1. The van der Waals surface area contributed by atoms with Crippen molar-refractivity contribution in [1.29, 1.82) is 0 Å². The van der Waals surface area contributed by atoms with Gasteiger partial charge in [0.15, 0.2) is 5.76 Å². The third-order valence-electron chi connectivity index (χ3n) is 2.01. The third-order valence-corrected chi connectivity index (χ3v) is 2.01. The zero-order valence-corrected chi connectivity index (χ0v) is 9.65. The number of carbonyl (C=O) groups excluding carboxylic acids is 1. The number of amides is 1. The lowest BCUT2D eigenvalue weighted by molar-refractivity contribution is -0.129. The van der Waals surface area contributed by atoms with E-state index in [4.69, 9.17) is 4.52 Å². The molecule has 1 aromatic rings. The van der Waals surface area contributed by atoms with Crippen molar-refractivity contribution in [3.8, 4) is 0 Å². The van der Waals surface area contributed by atoms with Gasteiger partial charge < -0.3 is 9.42 Å². The number of rotatable bonds is 4. The van der Waals surface area contributed by atoms with Gasteiger partial charge in [-0.15, -0.1) is 0 Å². The van der Waals surface area contributed by atoms with Crippen molar-refractivity contribution in [3.63, 3.8) is 0 Å². The highest BCUT2D eigenvalue weighted by Gasteiger charge is 2.10. The van der Waals surface area contributed by atoms with Gasteiger partial charge in [0.25, 0.3) is 0 Å². The van der Waals surface area contributed by atoms with E-state index in [9.17, 15) is 4.79 Å². The molecular formula is C10H17N3O2. The first-order valence-electron chi connectivity index (χ1n) is 4.80. The van der Waals surface area contributed by atoms with Crippen molar-refractivity contribution in [2.45, 2.75) is 13.5 Å². The summed E-state index contributed by atoms with van der Waals surface area (Å²) in [5.41, 5.74) is 0.859. The molecule has 0 aliphatic heterocycles. The lowest BCUT2D eigenvalue weighted by Gasteiger charge is -2.17. The van der Waals surface area contributed by atoms with E-state index in [1.54, 1.807) is 19.0 Å². The van der Waals surface area contributed by atoms with E-state index >= 15 is 0 Å².